The van der Waals surface area contributed by atoms with Crippen LogP contribution in [0.4, 0.5) is 0 Å². The molecule has 2 N–H and O–H groups in total. The highest BCUT2D eigenvalue weighted by Gasteiger charge is 2.01. The first-order valence-corrected chi connectivity index (χ1v) is 6.33. The van der Waals surface area contributed by atoms with Crippen molar-refractivity contribution >= 4 is 0 Å². The fourth-order valence-electron chi connectivity index (χ4n) is 1.66. The third kappa shape index (κ3) is 5.29. The summed E-state index contributed by atoms with van der Waals surface area (Å²) < 4.78 is 0. The summed E-state index contributed by atoms with van der Waals surface area (Å²) in [5, 5.41) is 6.94. The van der Waals surface area contributed by atoms with Crippen molar-refractivity contribution in [3.05, 3.63) is 35.9 Å². The maximum atomic E-state index is 3.51. The van der Waals surface area contributed by atoms with E-state index in [4.69, 9.17) is 0 Å². The van der Waals surface area contributed by atoms with Crippen molar-refractivity contribution in [1.82, 2.24) is 10.6 Å². The molecule has 1 aromatic carbocycles. The van der Waals surface area contributed by atoms with Crippen LogP contribution in [0.1, 0.15) is 38.3 Å². The number of nitrogens with one attached hydrogen (secondary N) is 2. The average molecular weight is 220 g/mol. The molecule has 0 radical (unpaired) electrons. The molecule has 0 saturated heterocycles. The van der Waals surface area contributed by atoms with E-state index in [2.05, 4.69) is 54.8 Å². The summed E-state index contributed by atoms with van der Waals surface area (Å²) in [4.78, 5) is 0. The van der Waals surface area contributed by atoms with Gasteiger partial charge < -0.3 is 10.6 Å². The van der Waals surface area contributed by atoms with E-state index in [-0.39, 0.29) is 0 Å². The predicted molar refractivity (Wildman–Crippen MR) is 70.6 cm³/mol. The van der Waals surface area contributed by atoms with Gasteiger partial charge in [-0.2, -0.15) is 0 Å². The molecule has 1 rings (SSSR count). The van der Waals surface area contributed by atoms with Crippen molar-refractivity contribution in [3.8, 4) is 0 Å². The van der Waals surface area contributed by atoms with Gasteiger partial charge in [0.2, 0.25) is 0 Å². The van der Waals surface area contributed by atoms with Gasteiger partial charge in [0.15, 0.2) is 0 Å². The fourth-order valence-corrected chi connectivity index (χ4v) is 1.66. The summed E-state index contributed by atoms with van der Waals surface area (Å²) >= 11 is 0. The van der Waals surface area contributed by atoms with Crippen LogP contribution >= 0.6 is 0 Å². The molecule has 0 aliphatic carbocycles. The lowest BCUT2D eigenvalue weighted by atomic mass is 10.1. The molecular formula is C14H24N2. The Morgan fingerprint density at radius 1 is 1.06 bits per heavy atom. The lowest BCUT2D eigenvalue weighted by molar-refractivity contribution is 0.540. The van der Waals surface area contributed by atoms with Gasteiger partial charge in [0.1, 0.15) is 0 Å². The van der Waals surface area contributed by atoms with Crippen LogP contribution in [0.25, 0.3) is 0 Å². The van der Waals surface area contributed by atoms with E-state index in [1.807, 2.05) is 0 Å². The number of hydrogen-bond donors (Lipinski definition) is 2. The molecule has 0 spiro atoms. The van der Waals surface area contributed by atoms with Crippen molar-refractivity contribution in [2.24, 2.45) is 0 Å². The number of unbranched alkanes of at least 4 members (excludes halogenated alkanes) is 1. The standard InChI is InChI=1S/C14H24N2/c1-3-4-10-15-11-12-16-13(2)14-8-6-5-7-9-14/h5-9,13,15-16H,3-4,10-12H2,1-2H3. The smallest absolute Gasteiger partial charge is 0.0292 e. The lowest BCUT2D eigenvalue weighted by Crippen LogP contribution is -2.29. The first-order valence-electron chi connectivity index (χ1n) is 6.33. The Balaban J connectivity index is 2.09. The van der Waals surface area contributed by atoms with E-state index in [9.17, 15) is 0 Å². The van der Waals surface area contributed by atoms with E-state index >= 15 is 0 Å². The molecule has 1 aromatic rings. The molecular weight excluding hydrogens is 196 g/mol. The van der Waals surface area contributed by atoms with E-state index < -0.39 is 0 Å². The molecule has 90 valence electrons. The van der Waals surface area contributed by atoms with Crippen LogP contribution in [0.3, 0.4) is 0 Å². The van der Waals surface area contributed by atoms with Gasteiger partial charge in [-0.25, -0.2) is 0 Å². The molecule has 2 heteroatoms. The molecule has 0 aliphatic rings. The zero-order valence-corrected chi connectivity index (χ0v) is 10.5. The van der Waals surface area contributed by atoms with Crippen LogP contribution in [0.2, 0.25) is 0 Å². The molecule has 1 atom stereocenters. The molecule has 2 nitrogen and oxygen atoms in total. The van der Waals surface area contributed by atoms with Gasteiger partial charge >= 0.3 is 0 Å². The Hall–Kier alpha value is -0.860. The Morgan fingerprint density at radius 2 is 1.81 bits per heavy atom. The van der Waals surface area contributed by atoms with Crippen molar-refractivity contribution in [3.63, 3.8) is 0 Å². The van der Waals surface area contributed by atoms with Crippen LogP contribution in [0.15, 0.2) is 30.3 Å². The largest absolute Gasteiger partial charge is 0.315 e. The highest BCUT2D eigenvalue weighted by atomic mass is 15.0. The van der Waals surface area contributed by atoms with Gasteiger partial charge in [0.05, 0.1) is 0 Å². The summed E-state index contributed by atoms with van der Waals surface area (Å²) in [7, 11) is 0. The van der Waals surface area contributed by atoms with E-state index in [0.29, 0.717) is 6.04 Å². The van der Waals surface area contributed by atoms with Crippen molar-refractivity contribution in [2.75, 3.05) is 19.6 Å². The van der Waals surface area contributed by atoms with Crippen molar-refractivity contribution in [1.29, 1.82) is 0 Å². The van der Waals surface area contributed by atoms with Crippen molar-refractivity contribution < 1.29 is 0 Å². The first kappa shape index (κ1) is 13.2. The Bertz CT molecular complexity index is 259. The quantitative estimate of drug-likeness (QED) is 0.658. The van der Waals surface area contributed by atoms with Gasteiger partial charge in [-0.1, -0.05) is 43.7 Å². The highest BCUT2D eigenvalue weighted by molar-refractivity contribution is 5.17. The zero-order valence-electron chi connectivity index (χ0n) is 10.5. The number of benzene rings is 1. The van der Waals surface area contributed by atoms with Crippen LogP contribution < -0.4 is 10.6 Å². The summed E-state index contributed by atoms with van der Waals surface area (Å²) in [6.07, 6.45) is 2.54. The van der Waals surface area contributed by atoms with Crippen molar-refractivity contribution in [2.45, 2.75) is 32.7 Å². The van der Waals surface area contributed by atoms with Gasteiger partial charge in [0.25, 0.3) is 0 Å². The minimum Gasteiger partial charge on any atom is -0.315 e. The van der Waals surface area contributed by atoms with E-state index in [1.54, 1.807) is 0 Å². The van der Waals surface area contributed by atoms with Gasteiger partial charge in [-0.3, -0.25) is 0 Å². The molecule has 0 saturated carbocycles. The Labute approximate surface area is 99.5 Å². The zero-order chi connectivity index (χ0) is 11.6. The molecule has 0 heterocycles. The lowest BCUT2D eigenvalue weighted by Gasteiger charge is -2.14. The maximum absolute atomic E-state index is 3.51. The van der Waals surface area contributed by atoms with E-state index in [0.717, 1.165) is 19.6 Å². The molecule has 0 fully saturated rings. The minimum absolute atomic E-state index is 0.439. The minimum atomic E-state index is 0.439. The predicted octanol–water partition coefficient (Wildman–Crippen LogP) is 2.73. The summed E-state index contributed by atoms with van der Waals surface area (Å²) in [6, 6.07) is 11.0. The molecule has 1 unspecified atom stereocenters. The van der Waals surface area contributed by atoms with Crippen LogP contribution in [-0.2, 0) is 0 Å². The first-order chi connectivity index (χ1) is 7.84. The molecule has 0 amide bonds. The SMILES string of the molecule is CCCCNCCNC(C)c1ccccc1. The Kier molecular flexibility index (Phi) is 6.86. The van der Waals surface area contributed by atoms with Gasteiger partial charge in [-0.05, 0) is 25.5 Å². The molecule has 16 heavy (non-hydrogen) atoms. The number of rotatable bonds is 8. The maximum Gasteiger partial charge on any atom is 0.0292 e. The van der Waals surface area contributed by atoms with Crippen LogP contribution in [-0.4, -0.2) is 19.6 Å². The second-order valence-electron chi connectivity index (χ2n) is 4.19. The fraction of sp³-hybridized carbons (Fsp3) is 0.571. The molecule has 0 aliphatic heterocycles. The number of hydrogen-bond acceptors (Lipinski definition) is 2. The average Bonchev–Trinajstić information content (AvgIpc) is 2.34. The normalized spacial score (nSPS) is 12.6. The molecule has 0 aromatic heterocycles. The third-order valence-electron chi connectivity index (χ3n) is 2.76. The van der Waals surface area contributed by atoms with Gasteiger partial charge in [-0.15, -0.1) is 0 Å². The monoisotopic (exact) mass is 220 g/mol. The van der Waals surface area contributed by atoms with Crippen LogP contribution in [0, 0.1) is 0 Å². The Morgan fingerprint density at radius 3 is 2.50 bits per heavy atom. The second-order valence-corrected chi connectivity index (χ2v) is 4.19. The highest BCUT2D eigenvalue weighted by Crippen LogP contribution is 2.09. The van der Waals surface area contributed by atoms with E-state index in [1.165, 1.54) is 18.4 Å². The summed E-state index contributed by atoms with van der Waals surface area (Å²) in [5.41, 5.74) is 1.36. The molecule has 0 bridgehead atoms. The summed E-state index contributed by atoms with van der Waals surface area (Å²) in [5.74, 6) is 0. The second kappa shape index (κ2) is 8.31. The third-order valence-corrected chi connectivity index (χ3v) is 2.76. The van der Waals surface area contributed by atoms with Gasteiger partial charge in [0, 0.05) is 19.1 Å². The topological polar surface area (TPSA) is 24.1 Å². The van der Waals surface area contributed by atoms with Crippen LogP contribution in [0.5, 0.6) is 0 Å². The summed E-state index contributed by atoms with van der Waals surface area (Å²) in [6.45, 7) is 7.65.